The van der Waals surface area contributed by atoms with E-state index in [2.05, 4.69) is 0 Å². The predicted octanol–water partition coefficient (Wildman–Crippen LogP) is 1.79. The van der Waals surface area contributed by atoms with Crippen molar-refractivity contribution in [3.8, 4) is 5.75 Å². The number of hydrogen-bond acceptors (Lipinski definition) is 4. The number of ether oxygens (including phenoxy) is 2. The van der Waals surface area contributed by atoms with Crippen molar-refractivity contribution in [2.45, 2.75) is 25.9 Å². The molecule has 1 aliphatic heterocycles. The van der Waals surface area contributed by atoms with Gasteiger partial charge in [0.15, 0.2) is 0 Å². The summed E-state index contributed by atoms with van der Waals surface area (Å²) in [5.41, 5.74) is 0.424. The van der Waals surface area contributed by atoms with Crippen molar-refractivity contribution >= 4 is 11.9 Å². The molecule has 1 heterocycles. The van der Waals surface area contributed by atoms with Crippen LogP contribution in [-0.2, 0) is 9.53 Å². The van der Waals surface area contributed by atoms with E-state index >= 15 is 0 Å². The van der Waals surface area contributed by atoms with Crippen molar-refractivity contribution in [3.63, 3.8) is 0 Å². The van der Waals surface area contributed by atoms with Gasteiger partial charge in [0, 0.05) is 18.7 Å². The van der Waals surface area contributed by atoms with Crippen molar-refractivity contribution in [3.05, 3.63) is 29.8 Å². The summed E-state index contributed by atoms with van der Waals surface area (Å²) in [6.45, 7) is 3.01. The summed E-state index contributed by atoms with van der Waals surface area (Å²) in [5.74, 6) is -0.749. The number of carbonyl (C=O) groups excluding carboxylic acids is 1. The number of carbonyl (C=O) groups is 2. The molecule has 1 unspecified atom stereocenters. The molecule has 0 radical (unpaired) electrons. The van der Waals surface area contributed by atoms with Gasteiger partial charge in [0.2, 0.25) is 0 Å². The number of amides is 1. The molecule has 0 aromatic heterocycles. The van der Waals surface area contributed by atoms with Gasteiger partial charge in [-0.2, -0.15) is 0 Å². The molecular weight excluding hydrogens is 286 g/mol. The Morgan fingerprint density at radius 1 is 1.45 bits per heavy atom. The van der Waals surface area contributed by atoms with Crippen LogP contribution >= 0.6 is 0 Å². The van der Waals surface area contributed by atoms with Gasteiger partial charge >= 0.3 is 5.97 Å². The van der Waals surface area contributed by atoms with Crippen LogP contribution in [0.15, 0.2) is 24.3 Å². The second kappa shape index (κ2) is 7.79. The average molecular weight is 307 g/mol. The van der Waals surface area contributed by atoms with Crippen LogP contribution < -0.4 is 4.74 Å². The molecule has 1 aromatic rings. The number of nitrogens with zero attached hydrogens (tertiary/aromatic N) is 1. The SMILES string of the molecule is CCN(CC(=O)O)C(=O)c1cccc(OCC2CCCO2)c1. The molecule has 1 aliphatic rings. The molecule has 2 rings (SSSR count). The quantitative estimate of drug-likeness (QED) is 0.831. The molecule has 0 spiro atoms. The Hall–Kier alpha value is -2.08. The lowest BCUT2D eigenvalue weighted by Crippen LogP contribution is -2.35. The predicted molar refractivity (Wildman–Crippen MR) is 80.1 cm³/mol. The first kappa shape index (κ1) is 16.3. The Morgan fingerprint density at radius 3 is 2.91 bits per heavy atom. The largest absolute Gasteiger partial charge is 0.491 e. The van der Waals surface area contributed by atoms with Crippen LogP contribution in [0.5, 0.6) is 5.75 Å². The highest BCUT2D eigenvalue weighted by Crippen LogP contribution is 2.18. The molecule has 22 heavy (non-hydrogen) atoms. The first-order valence-corrected chi connectivity index (χ1v) is 7.45. The lowest BCUT2D eigenvalue weighted by atomic mass is 10.2. The number of aliphatic carboxylic acids is 1. The van der Waals surface area contributed by atoms with E-state index in [1.165, 1.54) is 4.90 Å². The Morgan fingerprint density at radius 2 is 2.27 bits per heavy atom. The second-order valence-corrected chi connectivity index (χ2v) is 5.19. The molecular formula is C16H21NO5. The van der Waals surface area contributed by atoms with Gasteiger partial charge in [-0.3, -0.25) is 9.59 Å². The van der Waals surface area contributed by atoms with Gasteiger partial charge in [-0.15, -0.1) is 0 Å². The summed E-state index contributed by atoms with van der Waals surface area (Å²) in [4.78, 5) is 24.4. The van der Waals surface area contributed by atoms with Gasteiger partial charge in [-0.05, 0) is 38.0 Å². The Labute approximate surface area is 129 Å². The van der Waals surface area contributed by atoms with Crippen molar-refractivity contribution in [2.24, 2.45) is 0 Å². The number of likely N-dealkylation sites (N-methyl/N-ethyl adjacent to an activating group) is 1. The van der Waals surface area contributed by atoms with Gasteiger partial charge in [0.05, 0.1) is 6.10 Å². The highest BCUT2D eigenvalue weighted by Gasteiger charge is 2.18. The van der Waals surface area contributed by atoms with Crippen LogP contribution in [0, 0.1) is 0 Å². The summed E-state index contributed by atoms with van der Waals surface area (Å²) in [5, 5.41) is 8.84. The third kappa shape index (κ3) is 4.46. The summed E-state index contributed by atoms with van der Waals surface area (Å²) in [6.07, 6.45) is 2.15. The van der Waals surface area contributed by atoms with Crippen molar-refractivity contribution in [2.75, 3.05) is 26.3 Å². The normalized spacial score (nSPS) is 17.2. The van der Waals surface area contributed by atoms with Gasteiger partial charge in [0.1, 0.15) is 18.9 Å². The second-order valence-electron chi connectivity index (χ2n) is 5.19. The zero-order chi connectivity index (χ0) is 15.9. The van der Waals surface area contributed by atoms with Crippen molar-refractivity contribution in [1.82, 2.24) is 4.90 Å². The molecule has 1 amide bonds. The third-order valence-electron chi connectivity index (χ3n) is 3.54. The lowest BCUT2D eigenvalue weighted by molar-refractivity contribution is -0.137. The van der Waals surface area contributed by atoms with E-state index in [0.29, 0.717) is 24.5 Å². The highest BCUT2D eigenvalue weighted by molar-refractivity contribution is 5.96. The Bertz CT molecular complexity index is 525. The molecule has 1 fully saturated rings. The monoisotopic (exact) mass is 307 g/mol. The van der Waals surface area contributed by atoms with E-state index in [0.717, 1.165) is 19.4 Å². The lowest BCUT2D eigenvalue weighted by Gasteiger charge is -2.19. The number of rotatable bonds is 7. The van der Waals surface area contributed by atoms with E-state index < -0.39 is 5.97 Å². The first-order chi connectivity index (χ1) is 10.6. The Balaban J connectivity index is 1.99. The highest BCUT2D eigenvalue weighted by atomic mass is 16.5. The zero-order valence-corrected chi connectivity index (χ0v) is 12.7. The molecule has 120 valence electrons. The van der Waals surface area contributed by atoms with Gasteiger partial charge in [-0.1, -0.05) is 6.07 Å². The molecule has 0 bridgehead atoms. The summed E-state index contributed by atoms with van der Waals surface area (Å²) < 4.78 is 11.1. The first-order valence-electron chi connectivity index (χ1n) is 7.45. The number of hydrogen-bond donors (Lipinski definition) is 1. The smallest absolute Gasteiger partial charge is 0.323 e. The fourth-order valence-electron chi connectivity index (χ4n) is 2.36. The van der Waals surface area contributed by atoms with Gasteiger partial charge in [-0.25, -0.2) is 0 Å². The minimum Gasteiger partial charge on any atom is -0.491 e. The van der Waals surface area contributed by atoms with Crippen molar-refractivity contribution < 1.29 is 24.2 Å². The standard InChI is InChI=1S/C16H21NO5/c1-2-17(10-15(18)19)16(20)12-5-3-6-13(9-12)22-11-14-7-4-8-21-14/h3,5-6,9,14H,2,4,7-8,10-11H2,1H3,(H,18,19). The summed E-state index contributed by atoms with van der Waals surface area (Å²) >= 11 is 0. The van der Waals surface area contributed by atoms with Crippen LogP contribution in [-0.4, -0.2) is 54.3 Å². The van der Waals surface area contributed by atoms with Crippen molar-refractivity contribution in [1.29, 1.82) is 0 Å². The maximum atomic E-state index is 12.3. The fraction of sp³-hybridized carbons (Fsp3) is 0.500. The third-order valence-corrected chi connectivity index (χ3v) is 3.54. The van der Waals surface area contributed by atoms with E-state index in [1.807, 2.05) is 0 Å². The van der Waals surface area contributed by atoms with Gasteiger partial charge < -0.3 is 19.5 Å². The number of carboxylic acid groups (broad SMARTS) is 1. The summed E-state index contributed by atoms with van der Waals surface area (Å²) in [7, 11) is 0. The number of benzene rings is 1. The molecule has 1 atom stereocenters. The summed E-state index contributed by atoms with van der Waals surface area (Å²) in [6, 6.07) is 6.81. The molecule has 6 heteroatoms. The Kier molecular flexibility index (Phi) is 5.77. The van der Waals surface area contributed by atoms with E-state index in [-0.39, 0.29) is 18.6 Å². The molecule has 1 saturated heterocycles. The van der Waals surface area contributed by atoms with E-state index in [9.17, 15) is 9.59 Å². The number of carboxylic acids is 1. The van der Waals surface area contributed by atoms with Crippen LogP contribution in [0.1, 0.15) is 30.1 Å². The van der Waals surface area contributed by atoms with E-state index in [4.69, 9.17) is 14.6 Å². The van der Waals surface area contributed by atoms with Crippen LogP contribution in [0.4, 0.5) is 0 Å². The minimum atomic E-state index is -1.03. The van der Waals surface area contributed by atoms with Crippen LogP contribution in [0.3, 0.4) is 0 Å². The van der Waals surface area contributed by atoms with Gasteiger partial charge in [0.25, 0.3) is 5.91 Å². The molecule has 0 saturated carbocycles. The average Bonchev–Trinajstić information content (AvgIpc) is 3.03. The molecule has 1 N–H and O–H groups in total. The zero-order valence-electron chi connectivity index (χ0n) is 12.7. The molecule has 6 nitrogen and oxygen atoms in total. The minimum absolute atomic E-state index is 0.110. The topological polar surface area (TPSA) is 76.1 Å². The van der Waals surface area contributed by atoms with E-state index in [1.54, 1.807) is 31.2 Å². The van der Waals surface area contributed by atoms with Crippen LogP contribution in [0.25, 0.3) is 0 Å². The fourth-order valence-corrected chi connectivity index (χ4v) is 2.36. The maximum Gasteiger partial charge on any atom is 0.323 e. The molecule has 1 aromatic carbocycles. The maximum absolute atomic E-state index is 12.3. The van der Waals surface area contributed by atoms with Crippen LogP contribution in [0.2, 0.25) is 0 Å². The molecule has 0 aliphatic carbocycles.